The first-order chi connectivity index (χ1) is 25.6. The number of rotatable bonds is 35. The summed E-state index contributed by atoms with van der Waals surface area (Å²) in [5.41, 5.74) is 0. The zero-order chi connectivity index (χ0) is 39.3. The molecule has 2 unspecified atom stereocenters. The fourth-order valence-corrected chi connectivity index (χ4v) is 5.37. The van der Waals surface area contributed by atoms with Crippen molar-refractivity contribution in [3.05, 3.63) is 72.9 Å². The first-order valence-electron chi connectivity index (χ1n) is 20.5. The molecule has 0 aromatic rings. The number of hydrogen-bond acceptors (Lipinski definition) is 7. The second kappa shape index (κ2) is 35.8. The van der Waals surface area contributed by atoms with E-state index in [0.717, 1.165) is 89.9 Å². The Morgan fingerprint density at radius 3 is 1.58 bits per heavy atom. The molecule has 8 heteroatoms. The molecule has 0 amide bonds. The van der Waals surface area contributed by atoms with Crippen LogP contribution in [-0.4, -0.2) is 75.5 Å². The average molecular weight is 742 g/mol. The summed E-state index contributed by atoms with van der Waals surface area (Å²) >= 11 is 0. The third-order valence-electron chi connectivity index (χ3n) is 8.58. The van der Waals surface area contributed by atoms with Gasteiger partial charge in [-0.25, -0.2) is 0 Å². The average Bonchev–Trinajstić information content (AvgIpc) is 3.11. The van der Waals surface area contributed by atoms with Crippen molar-refractivity contribution in [2.24, 2.45) is 0 Å². The molecule has 0 aliphatic carbocycles. The Bertz CT molecular complexity index is 1100. The standard InChI is InChI=1S/C45H75NO7/c1-6-8-10-12-14-16-18-19-20-21-22-23-24-25-26-28-30-32-34-36-44(48)53-41(39-51-38-37-42(45(49)50)46(3,4)5)40-52-43(47)35-33-31-29-27-17-15-13-11-9-7-2/h8,10,13-16,19-20,22-23,25-26,41-42H,6-7,9,11-12,17-18,21,24,27-40H2,1-5H3/b10-8+,15-13+,16-14+,20-19+,23-22+,26-25+. The first-order valence-corrected chi connectivity index (χ1v) is 20.5. The lowest BCUT2D eigenvalue weighted by molar-refractivity contribution is -0.889. The highest BCUT2D eigenvalue weighted by Crippen LogP contribution is 2.11. The molecule has 0 heterocycles. The van der Waals surface area contributed by atoms with Crippen molar-refractivity contribution >= 4 is 17.9 Å². The molecule has 0 rings (SSSR count). The Morgan fingerprint density at radius 2 is 1.06 bits per heavy atom. The zero-order valence-electron chi connectivity index (χ0n) is 34.2. The lowest BCUT2D eigenvalue weighted by Gasteiger charge is -2.34. The summed E-state index contributed by atoms with van der Waals surface area (Å²) in [6, 6.07) is -0.736. The Morgan fingerprint density at radius 1 is 0.585 bits per heavy atom. The van der Waals surface area contributed by atoms with Gasteiger partial charge in [-0.1, -0.05) is 119 Å². The Balaban J connectivity index is 4.46. The number of allylic oxidation sites excluding steroid dienone is 12. The maximum Gasteiger partial charge on any atom is 0.306 e. The third-order valence-corrected chi connectivity index (χ3v) is 8.58. The van der Waals surface area contributed by atoms with Gasteiger partial charge in [0.2, 0.25) is 0 Å². The maximum atomic E-state index is 12.7. The zero-order valence-corrected chi connectivity index (χ0v) is 34.2. The minimum atomic E-state index is -1.14. The van der Waals surface area contributed by atoms with E-state index in [-0.39, 0.29) is 49.1 Å². The Labute approximate surface area is 323 Å². The van der Waals surface area contributed by atoms with Crippen molar-refractivity contribution in [2.75, 3.05) is 41.0 Å². The van der Waals surface area contributed by atoms with Gasteiger partial charge in [0, 0.05) is 19.3 Å². The molecular formula is C45H75NO7. The number of likely N-dealkylation sites (N-methyl/N-ethyl adjacent to an activating group) is 1. The molecule has 0 spiro atoms. The van der Waals surface area contributed by atoms with Crippen LogP contribution in [0.1, 0.15) is 142 Å². The van der Waals surface area contributed by atoms with Crippen LogP contribution in [0.15, 0.2) is 72.9 Å². The smallest absolute Gasteiger partial charge is 0.306 e. The number of carboxylic acids is 1. The molecule has 8 nitrogen and oxygen atoms in total. The highest BCUT2D eigenvalue weighted by Gasteiger charge is 2.25. The van der Waals surface area contributed by atoms with E-state index in [1.54, 1.807) is 21.1 Å². The van der Waals surface area contributed by atoms with Crippen LogP contribution >= 0.6 is 0 Å². The van der Waals surface area contributed by atoms with Crippen LogP contribution in [0.25, 0.3) is 0 Å². The van der Waals surface area contributed by atoms with E-state index in [1.807, 2.05) is 0 Å². The van der Waals surface area contributed by atoms with Crippen molar-refractivity contribution < 1.29 is 38.2 Å². The van der Waals surface area contributed by atoms with Crippen LogP contribution in [0.2, 0.25) is 0 Å². The Kier molecular flexibility index (Phi) is 33.6. The van der Waals surface area contributed by atoms with Crippen LogP contribution < -0.4 is 5.11 Å². The van der Waals surface area contributed by atoms with E-state index in [4.69, 9.17) is 14.2 Å². The molecule has 0 saturated heterocycles. The summed E-state index contributed by atoms with van der Waals surface area (Å²) in [5.74, 6) is -1.81. The minimum absolute atomic E-state index is 0.0196. The number of esters is 2. The van der Waals surface area contributed by atoms with Crippen LogP contribution in [0.5, 0.6) is 0 Å². The van der Waals surface area contributed by atoms with Gasteiger partial charge in [0.25, 0.3) is 0 Å². The SMILES string of the molecule is CC/C=C/C/C=C/C/C=C/C/C=C/C/C=C/CCCCCC(=O)OC(COCCC(C(=O)[O-])[N+](C)(C)C)COC(=O)CCCCCC/C=C/CCCC. The van der Waals surface area contributed by atoms with Gasteiger partial charge < -0.3 is 28.6 Å². The van der Waals surface area contributed by atoms with Gasteiger partial charge in [0.05, 0.1) is 40.3 Å². The summed E-state index contributed by atoms with van der Waals surface area (Å²) in [6.07, 6.45) is 43.6. The van der Waals surface area contributed by atoms with Crippen molar-refractivity contribution in [1.82, 2.24) is 0 Å². The van der Waals surface area contributed by atoms with Crippen molar-refractivity contribution in [2.45, 2.75) is 154 Å². The second-order valence-corrected chi connectivity index (χ2v) is 14.5. The number of nitrogens with zero attached hydrogens (tertiary/aromatic N) is 1. The number of aliphatic carboxylic acids is 1. The summed E-state index contributed by atoms with van der Waals surface area (Å²) in [7, 11) is 5.37. The van der Waals surface area contributed by atoms with Crippen molar-refractivity contribution in [1.29, 1.82) is 0 Å². The van der Waals surface area contributed by atoms with Crippen LogP contribution in [-0.2, 0) is 28.6 Å². The predicted octanol–water partition coefficient (Wildman–Crippen LogP) is 9.46. The molecule has 0 aliphatic heterocycles. The molecule has 0 aliphatic rings. The predicted molar refractivity (Wildman–Crippen MR) is 217 cm³/mol. The van der Waals surface area contributed by atoms with Crippen LogP contribution in [0, 0.1) is 0 Å². The van der Waals surface area contributed by atoms with Gasteiger partial charge in [-0.3, -0.25) is 9.59 Å². The molecule has 302 valence electrons. The maximum absolute atomic E-state index is 12.7. The number of carboxylic acid groups (broad SMARTS) is 1. The van der Waals surface area contributed by atoms with Gasteiger partial charge in [-0.15, -0.1) is 0 Å². The summed E-state index contributed by atoms with van der Waals surface area (Å²) in [4.78, 5) is 36.7. The highest BCUT2D eigenvalue weighted by molar-refractivity contribution is 5.70. The van der Waals surface area contributed by atoms with Gasteiger partial charge in [0.1, 0.15) is 12.6 Å². The molecular weight excluding hydrogens is 666 g/mol. The van der Waals surface area contributed by atoms with E-state index in [2.05, 4.69) is 86.8 Å². The molecule has 0 fully saturated rings. The minimum Gasteiger partial charge on any atom is -0.544 e. The molecule has 0 aromatic carbocycles. The van der Waals surface area contributed by atoms with Gasteiger partial charge in [-0.05, 0) is 77.0 Å². The number of unbranched alkanes of at least 4 members (excludes halogenated alkanes) is 9. The van der Waals surface area contributed by atoms with Crippen LogP contribution in [0.4, 0.5) is 0 Å². The topological polar surface area (TPSA) is 102 Å². The number of carbonyl (C=O) groups excluding carboxylic acids is 3. The second-order valence-electron chi connectivity index (χ2n) is 14.5. The van der Waals surface area contributed by atoms with Gasteiger partial charge in [-0.2, -0.15) is 0 Å². The van der Waals surface area contributed by atoms with Gasteiger partial charge >= 0.3 is 11.9 Å². The number of hydrogen-bond donors (Lipinski definition) is 0. The quantitative estimate of drug-likeness (QED) is 0.0276. The molecule has 0 saturated carbocycles. The lowest BCUT2D eigenvalue weighted by atomic mass is 10.1. The van der Waals surface area contributed by atoms with E-state index in [0.29, 0.717) is 12.8 Å². The summed E-state index contributed by atoms with van der Waals surface area (Å²) in [6.45, 7) is 4.43. The van der Waals surface area contributed by atoms with E-state index < -0.39 is 18.1 Å². The first kappa shape index (κ1) is 49.8. The molecule has 0 N–H and O–H groups in total. The van der Waals surface area contributed by atoms with Crippen molar-refractivity contribution in [3.63, 3.8) is 0 Å². The summed E-state index contributed by atoms with van der Waals surface area (Å²) < 4.78 is 17.0. The van der Waals surface area contributed by atoms with E-state index >= 15 is 0 Å². The normalized spacial score (nSPS) is 13.8. The molecule has 0 bridgehead atoms. The molecule has 0 radical (unpaired) electrons. The third kappa shape index (κ3) is 34.3. The van der Waals surface area contributed by atoms with Crippen molar-refractivity contribution in [3.8, 4) is 0 Å². The molecule has 2 atom stereocenters. The number of carbonyl (C=O) groups is 3. The molecule has 0 aromatic heterocycles. The monoisotopic (exact) mass is 742 g/mol. The fourth-order valence-electron chi connectivity index (χ4n) is 5.37. The van der Waals surface area contributed by atoms with Crippen LogP contribution in [0.3, 0.4) is 0 Å². The lowest BCUT2D eigenvalue weighted by Crippen LogP contribution is -2.55. The number of ether oxygens (including phenoxy) is 3. The van der Waals surface area contributed by atoms with Gasteiger partial charge in [0.15, 0.2) is 6.10 Å². The van der Waals surface area contributed by atoms with E-state index in [9.17, 15) is 19.5 Å². The summed E-state index contributed by atoms with van der Waals surface area (Å²) in [5, 5.41) is 11.6. The fraction of sp³-hybridized carbons (Fsp3) is 0.667. The largest absolute Gasteiger partial charge is 0.544 e. The van der Waals surface area contributed by atoms with E-state index in [1.165, 1.54) is 12.8 Å². The number of quaternary nitrogens is 1. The Hall–Kier alpha value is -3.23. The highest BCUT2D eigenvalue weighted by atomic mass is 16.6. The molecule has 53 heavy (non-hydrogen) atoms.